The Hall–Kier alpha value is -2.88. The summed E-state index contributed by atoms with van der Waals surface area (Å²) in [6.07, 6.45) is 0.367. The summed E-state index contributed by atoms with van der Waals surface area (Å²) in [7, 11) is -3.98. The number of carbonyl (C=O) groups is 1. The van der Waals surface area contributed by atoms with Crippen LogP contribution in [0.4, 0.5) is 14.5 Å². The van der Waals surface area contributed by atoms with Gasteiger partial charge in [0.15, 0.2) is 11.5 Å². The Morgan fingerprint density at radius 1 is 1.21 bits per heavy atom. The SMILES string of the molecule is CS(=O)(=O)N(CC(=O)NC[C@@H]1COc2ccccc2O1)c1ccc(F)cc1F. The third-order valence-corrected chi connectivity index (χ3v) is 5.09. The van der Waals surface area contributed by atoms with E-state index < -0.39 is 45.9 Å². The van der Waals surface area contributed by atoms with E-state index in [-0.39, 0.29) is 13.2 Å². The van der Waals surface area contributed by atoms with Crippen LogP contribution in [-0.4, -0.2) is 46.4 Å². The van der Waals surface area contributed by atoms with E-state index in [1.54, 1.807) is 24.3 Å². The Bertz CT molecular complexity index is 984. The highest BCUT2D eigenvalue weighted by molar-refractivity contribution is 7.92. The fourth-order valence-corrected chi connectivity index (χ4v) is 3.50. The predicted molar refractivity (Wildman–Crippen MR) is 97.9 cm³/mol. The molecule has 3 rings (SSSR count). The number of hydrogen-bond donors (Lipinski definition) is 1. The summed E-state index contributed by atoms with van der Waals surface area (Å²) in [5, 5.41) is 2.54. The van der Waals surface area contributed by atoms with Gasteiger partial charge in [-0.15, -0.1) is 0 Å². The third-order valence-electron chi connectivity index (χ3n) is 3.96. The van der Waals surface area contributed by atoms with E-state index in [4.69, 9.17) is 9.47 Å². The number of anilines is 1. The van der Waals surface area contributed by atoms with Gasteiger partial charge < -0.3 is 14.8 Å². The molecule has 0 unspecified atom stereocenters. The summed E-state index contributed by atoms with van der Waals surface area (Å²) in [5.74, 6) is -1.47. The molecule has 1 atom stereocenters. The number of benzene rings is 2. The zero-order valence-electron chi connectivity index (χ0n) is 14.9. The van der Waals surface area contributed by atoms with E-state index in [1.807, 2.05) is 0 Å². The highest BCUT2D eigenvalue weighted by atomic mass is 32.2. The fraction of sp³-hybridized carbons (Fsp3) is 0.278. The lowest BCUT2D eigenvalue weighted by Crippen LogP contribution is -2.45. The van der Waals surface area contributed by atoms with E-state index in [1.165, 1.54) is 0 Å². The van der Waals surface area contributed by atoms with Crippen LogP contribution in [0.3, 0.4) is 0 Å². The zero-order valence-corrected chi connectivity index (χ0v) is 15.7. The van der Waals surface area contributed by atoms with Gasteiger partial charge in [-0.25, -0.2) is 17.2 Å². The van der Waals surface area contributed by atoms with Crippen molar-refractivity contribution in [2.45, 2.75) is 6.10 Å². The minimum atomic E-state index is -3.98. The number of ether oxygens (including phenoxy) is 2. The first-order valence-electron chi connectivity index (χ1n) is 8.32. The van der Waals surface area contributed by atoms with Crippen molar-refractivity contribution in [3.63, 3.8) is 0 Å². The second-order valence-electron chi connectivity index (χ2n) is 6.17. The van der Waals surface area contributed by atoms with Crippen LogP contribution in [0, 0.1) is 11.6 Å². The lowest BCUT2D eigenvalue weighted by atomic mass is 10.2. The smallest absolute Gasteiger partial charge is 0.240 e. The Morgan fingerprint density at radius 2 is 1.93 bits per heavy atom. The van der Waals surface area contributed by atoms with Crippen LogP contribution in [0.1, 0.15) is 0 Å². The van der Waals surface area contributed by atoms with Crippen molar-refractivity contribution in [3.8, 4) is 11.5 Å². The van der Waals surface area contributed by atoms with E-state index in [0.717, 1.165) is 18.4 Å². The van der Waals surface area contributed by atoms with Gasteiger partial charge in [-0.3, -0.25) is 9.10 Å². The summed E-state index contributed by atoms with van der Waals surface area (Å²) in [5.41, 5.74) is -0.412. The second-order valence-corrected chi connectivity index (χ2v) is 8.07. The first kappa shape index (κ1) is 19.9. The normalized spacial score (nSPS) is 15.8. The molecule has 0 radical (unpaired) electrons. The molecule has 7 nitrogen and oxygen atoms in total. The number of halogens is 2. The predicted octanol–water partition coefficient (Wildman–Crippen LogP) is 1.69. The first-order chi connectivity index (χ1) is 13.2. The maximum atomic E-state index is 14.0. The third kappa shape index (κ3) is 4.69. The molecule has 0 aliphatic carbocycles. The van der Waals surface area contributed by atoms with Crippen LogP contribution in [-0.2, 0) is 14.8 Å². The molecule has 1 N–H and O–H groups in total. The average molecular weight is 412 g/mol. The van der Waals surface area contributed by atoms with Gasteiger partial charge in [0.25, 0.3) is 0 Å². The van der Waals surface area contributed by atoms with Crippen LogP contribution in [0.25, 0.3) is 0 Å². The van der Waals surface area contributed by atoms with Crippen molar-refractivity contribution in [2.75, 3.05) is 30.3 Å². The Morgan fingerprint density at radius 3 is 2.61 bits per heavy atom. The molecule has 0 fully saturated rings. The largest absolute Gasteiger partial charge is 0.486 e. The lowest BCUT2D eigenvalue weighted by molar-refractivity contribution is -0.120. The summed E-state index contributed by atoms with van der Waals surface area (Å²) in [6, 6.07) is 9.50. The highest BCUT2D eigenvalue weighted by Crippen LogP contribution is 2.30. The van der Waals surface area contributed by atoms with Gasteiger partial charge >= 0.3 is 0 Å². The molecule has 10 heteroatoms. The van der Waals surface area contributed by atoms with Gasteiger partial charge in [-0.05, 0) is 24.3 Å². The molecule has 0 saturated carbocycles. The zero-order chi connectivity index (χ0) is 20.3. The van der Waals surface area contributed by atoms with Crippen molar-refractivity contribution in [1.29, 1.82) is 0 Å². The van der Waals surface area contributed by atoms with Crippen LogP contribution < -0.4 is 19.1 Å². The molecule has 0 spiro atoms. The van der Waals surface area contributed by atoms with Gasteiger partial charge in [-0.2, -0.15) is 0 Å². The molecule has 150 valence electrons. The molecular weight excluding hydrogens is 394 g/mol. The molecule has 0 bridgehead atoms. The number of nitrogens with one attached hydrogen (secondary N) is 1. The number of rotatable bonds is 6. The summed E-state index contributed by atoms with van der Waals surface area (Å²) in [6.45, 7) is -0.387. The van der Waals surface area contributed by atoms with Gasteiger partial charge in [0.2, 0.25) is 15.9 Å². The maximum absolute atomic E-state index is 14.0. The molecule has 1 amide bonds. The van der Waals surface area contributed by atoms with Gasteiger partial charge in [0, 0.05) is 6.07 Å². The topological polar surface area (TPSA) is 84.9 Å². The Kier molecular flexibility index (Phi) is 5.68. The van der Waals surface area contributed by atoms with Crippen LogP contribution in [0.15, 0.2) is 42.5 Å². The minimum Gasteiger partial charge on any atom is -0.486 e. The molecular formula is C18H18F2N2O5S. The van der Waals surface area contributed by atoms with Gasteiger partial charge in [-0.1, -0.05) is 12.1 Å². The molecule has 1 aliphatic rings. The molecule has 0 saturated heterocycles. The van der Waals surface area contributed by atoms with Crippen LogP contribution in [0.2, 0.25) is 0 Å². The molecule has 1 heterocycles. The molecule has 0 aromatic heterocycles. The van der Waals surface area contributed by atoms with Crippen molar-refractivity contribution in [2.24, 2.45) is 0 Å². The fourth-order valence-electron chi connectivity index (χ4n) is 2.64. The van der Waals surface area contributed by atoms with Crippen molar-refractivity contribution < 1.29 is 31.5 Å². The van der Waals surface area contributed by atoms with E-state index in [9.17, 15) is 22.0 Å². The number of carbonyl (C=O) groups excluding carboxylic acids is 1. The molecule has 28 heavy (non-hydrogen) atoms. The Labute approximate surface area is 160 Å². The van der Waals surface area contributed by atoms with E-state index in [0.29, 0.717) is 21.9 Å². The summed E-state index contributed by atoms with van der Waals surface area (Å²) < 4.78 is 62.9. The lowest BCUT2D eigenvalue weighted by Gasteiger charge is -2.27. The van der Waals surface area contributed by atoms with Crippen molar-refractivity contribution in [1.82, 2.24) is 5.32 Å². The summed E-state index contributed by atoms with van der Waals surface area (Å²) >= 11 is 0. The van der Waals surface area contributed by atoms with E-state index in [2.05, 4.69) is 5.32 Å². The summed E-state index contributed by atoms with van der Waals surface area (Å²) in [4.78, 5) is 12.2. The van der Waals surface area contributed by atoms with Gasteiger partial charge in [0.1, 0.15) is 30.9 Å². The number of amides is 1. The second kappa shape index (κ2) is 8.01. The average Bonchev–Trinajstić information content (AvgIpc) is 2.64. The molecule has 1 aliphatic heterocycles. The van der Waals surface area contributed by atoms with Crippen LogP contribution >= 0.6 is 0 Å². The van der Waals surface area contributed by atoms with E-state index >= 15 is 0 Å². The number of fused-ring (bicyclic) bond motifs is 1. The van der Waals surface area contributed by atoms with Crippen molar-refractivity contribution >= 4 is 21.6 Å². The highest BCUT2D eigenvalue weighted by Gasteiger charge is 2.25. The standard InChI is InChI=1S/C18H18F2N2O5S/c1-28(24,25)22(15-7-6-12(19)8-14(15)20)10-18(23)21-9-13-11-26-16-4-2-3-5-17(16)27-13/h2-8,13H,9-11H2,1H3,(H,21,23)/t13-/m1/s1. The minimum absolute atomic E-state index is 0.0661. The number of sulfonamides is 1. The monoisotopic (exact) mass is 412 g/mol. The maximum Gasteiger partial charge on any atom is 0.240 e. The van der Waals surface area contributed by atoms with Crippen LogP contribution in [0.5, 0.6) is 11.5 Å². The number of hydrogen-bond acceptors (Lipinski definition) is 5. The quantitative estimate of drug-likeness (QED) is 0.781. The first-order valence-corrected chi connectivity index (χ1v) is 10.2. The molecule has 2 aromatic carbocycles. The van der Waals surface area contributed by atoms with Crippen molar-refractivity contribution in [3.05, 3.63) is 54.1 Å². The number of para-hydroxylation sites is 2. The molecule has 2 aromatic rings. The number of nitrogens with zero attached hydrogens (tertiary/aromatic N) is 1. The van der Waals surface area contributed by atoms with Gasteiger partial charge in [0.05, 0.1) is 18.5 Å². The Balaban J connectivity index is 1.63.